The van der Waals surface area contributed by atoms with Gasteiger partial charge in [0.25, 0.3) is 0 Å². The predicted octanol–water partition coefficient (Wildman–Crippen LogP) is 2.81. The van der Waals surface area contributed by atoms with E-state index in [1.807, 2.05) is 13.0 Å². The van der Waals surface area contributed by atoms with Gasteiger partial charge in [0.15, 0.2) is 0 Å². The fourth-order valence-corrected chi connectivity index (χ4v) is 2.46. The molecule has 1 heterocycles. The second-order valence-corrected chi connectivity index (χ2v) is 4.56. The van der Waals surface area contributed by atoms with Crippen LogP contribution in [0.3, 0.4) is 0 Å². The molecule has 1 aromatic heterocycles. The van der Waals surface area contributed by atoms with Crippen LogP contribution in [0.4, 0.5) is 0 Å². The molecular formula is C15H21NO2. The summed E-state index contributed by atoms with van der Waals surface area (Å²) >= 11 is 0. The summed E-state index contributed by atoms with van der Waals surface area (Å²) < 4.78 is 7.77. The zero-order chi connectivity index (χ0) is 13.1. The van der Waals surface area contributed by atoms with E-state index < -0.39 is 0 Å². The van der Waals surface area contributed by atoms with E-state index in [2.05, 4.69) is 30.7 Å². The first-order valence-electron chi connectivity index (χ1n) is 6.50. The molecule has 0 saturated heterocycles. The van der Waals surface area contributed by atoms with Crippen LogP contribution in [0.1, 0.15) is 24.6 Å². The lowest BCUT2D eigenvalue weighted by atomic mass is 10.1. The first kappa shape index (κ1) is 13.0. The minimum Gasteiger partial charge on any atom is -0.494 e. The van der Waals surface area contributed by atoms with Gasteiger partial charge < -0.3 is 14.4 Å². The first-order chi connectivity index (χ1) is 8.69. The summed E-state index contributed by atoms with van der Waals surface area (Å²) in [6.07, 6.45) is 1.72. The maximum Gasteiger partial charge on any atom is 0.120 e. The number of ether oxygens (including phenoxy) is 1. The fourth-order valence-electron chi connectivity index (χ4n) is 2.46. The summed E-state index contributed by atoms with van der Waals surface area (Å²) in [6.45, 7) is 5.05. The molecule has 0 bridgehead atoms. The summed E-state index contributed by atoms with van der Waals surface area (Å²) in [4.78, 5) is 0. The molecule has 1 N–H and O–H groups in total. The van der Waals surface area contributed by atoms with E-state index in [1.54, 1.807) is 0 Å². The van der Waals surface area contributed by atoms with Gasteiger partial charge in [0.05, 0.1) is 6.61 Å². The Kier molecular flexibility index (Phi) is 3.92. The van der Waals surface area contributed by atoms with Crippen molar-refractivity contribution in [1.29, 1.82) is 0 Å². The Hall–Kier alpha value is -1.48. The van der Waals surface area contributed by atoms with Crippen molar-refractivity contribution < 1.29 is 9.84 Å². The smallest absolute Gasteiger partial charge is 0.120 e. The van der Waals surface area contributed by atoms with Gasteiger partial charge >= 0.3 is 0 Å². The van der Waals surface area contributed by atoms with Crippen LogP contribution in [0.5, 0.6) is 5.75 Å². The average molecular weight is 247 g/mol. The standard InChI is InChI=1S/C15H21NO2/c1-4-18-12-7-8-15-14(10-12)13(6-5-9-17)11(2)16(15)3/h7-8,10,17H,4-6,9H2,1-3H3. The van der Waals surface area contributed by atoms with Crippen molar-refractivity contribution in [2.75, 3.05) is 13.2 Å². The third-order valence-electron chi connectivity index (χ3n) is 3.49. The molecule has 2 aromatic rings. The van der Waals surface area contributed by atoms with Gasteiger partial charge in [-0.2, -0.15) is 0 Å². The normalized spacial score (nSPS) is 11.1. The molecule has 0 fully saturated rings. The number of benzene rings is 1. The minimum absolute atomic E-state index is 0.237. The highest BCUT2D eigenvalue weighted by Gasteiger charge is 2.12. The van der Waals surface area contributed by atoms with Gasteiger partial charge in [0.2, 0.25) is 0 Å². The molecule has 0 spiro atoms. The van der Waals surface area contributed by atoms with Crippen LogP contribution in [-0.4, -0.2) is 22.9 Å². The molecule has 1 aromatic carbocycles. The third kappa shape index (κ3) is 2.23. The van der Waals surface area contributed by atoms with E-state index in [9.17, 15) is 0 Å². The number of rotatable bonds is 5. The van der Waals surface area contributed by atoms with Crippen LogP contribution in [-0.2, 0) is 13.5 Å². The molecule has 0 aliphatic heterocycles. The first-order valence-corrected chi connectivity index (χ1v) is 6.50. The number of nitrogens with zero attached hydrogens (tertiary/aromatic N) is 1. The van der Waals surface area contributed by atoms with E-state index in [-0.39, 0.29) is 6.61 Å². The summed E-state index contributed by atoms with van der Waals surface area (Å²) in [7, 11) is 2.08. The van der Waals surface area contributed by atoms with Crippen LogP contribution < -0.4 is 4.74 Å². The lowest BCUT2D eigenvalue weighted by Crippen LogP contribution is -1.94. The molecular weight excluding hydrogens is 226 g/mol. The van der Waals surface area contributed by atoms with E-state index in [4.69, 9.17) is 9.84 Å². The molecule has 3 heteroatoms. The monoisotopic (exact) mass is 247 g/mol. The summed E-state index contributed by atoms with van der Waals surface area (Å²) in [5, 5.41) is 10.2. The van der Waals surface area contributed by atoms with E-state index >= 15 is 0 Å². The number of aromatic nitrogens is 1. The average Bonchev–Trinajstić information content (AvgIpc) is 2.60. The zero-order valence-corrected chi connectivity index (χ0v) is 11.4. The Labute approximate surface area is 108 Å². The molecule has 0 atom stereocenters. The summed E-state index contributed by atoms with van der Waals surface area (Å²) in [5.41, 5.74) is 3.82. The quantitative estimate of drug-likeness (QED) is 0.881. The van der Waals surface area contributed by atoms with Crippen molar-refractivity contribution in [3.8, 4) is 5.75 Å². The van der Waals surface area contributed by atoms with Crippen LogP contribution in [0.2, 0.25) is 0 Å². The largest absolute Gasteiger partial charge is 0.494 e. The number of hydrogen-bond donors (Lipinski definition) is 1. The molecule has 2 rings (SSSR count). The zero-order valence-electron chi connectivity index (χ0n) is 11.4. The Bertz CT molecular complexity index is 543. The van der Waals surface area contributed by atoms with Crippen LogP contribution >= 0.6 is 0 Å². The molecule has 0 aliphatic rings. The third-order valence-corrected chi connectivity index (χ3v) is 3.49. The lowest BCUT2D eigenvalue weighted by Gasteiger charge is -2.04. The highest BCUT2D eigenvalue weighted by atomic mass is 16.5. The van der Waals surface area contributed by atoms with E-state index in [0.717, 1.165) is 18.6 Å². The number of aryl methyl sites for hydroxylation is 2. The van der Waals surface area contributed by atoms with Gasteiger partial charge in [-0.05, 0) is 50.5 Å². The molecule has 0 amide bonds. The van der Waals surface area contributed by atoms with Crippen LogP contribution in [0.15, 0.2) is 18.2 Å². The highest BCUT2D eigenvalue weighted by molar-refractivity contribution is 5.86. The van der Waals surface area contributed by atoms with Gasteiger partial charge in [-0.1, -0.05) is 0 Å². The number of aliphatic hydroxyl groups excluding tert-OH is 1. The Balaban J connectivity index is 2.52. The van der Waals surface area contributed by atoms with E-state index in [0.29, 0.717) is 6.61 Å². The minimum atomic E-state index is 0.237. The molecule has 0 saturated carbocycles. The lowest BCUT2D eigenvalue weighted by molar-refractivity contribution is 0.288. The second kappa shape index (κ2) is 5.44. The van der Waals surface area contributed by atoms with Gasteiger partial charge in [0.1, 0.15) is 5.75 Å². The molecule has 18 heavy (non-hydrogen) atoms. The van der Waals surface area contributed by atoms with Crippen molar-refractivity contribution in [3.63, 3.8) is 0 Å². The van der Waals surface area contributed by atoms with Gasteiger partial charge in [-0.25, -0.2) is 0 Å². The second-order valence-electron chi connectivity index (χ2n) is 4.56. The Morgan fingerprint density at radius 1 is 1.33 bits per heavy atom. The van der Waals surface area contributed by atoms with Crippen LogP contribution in [0, 0.1) is 6.92 Å². The number of hydrogen-bond acceptors (Lipinski definition) is 2. The maximum absolute atomic E-state index is 9.00. The van der Waals surface area contributed by atoms with Crippen molar-refractivity contribution in [3.05, 3.63) is 29.5 Å². The van der Waals surface area contributed by atoms with Crippen molar-refractivity contribution >= 4 is 10.9 Å². The fraction of sp³-hybridized carbons (Fsp3) is 0.467. The van der Waals surface area contributed by atoms with Crippen molar-refractivity contribution in [2.24, 2.45) is 7.05 Å². The predicted molar refractivity (Wildman–Crippen MR) is 74.2 cm³/mol. The molecule has 0 radical (unpaired) electrons. The van der Waals surface area contributed by atoms with E-state index in [1.165, 1.54) is 22.2 Å². The maximum atomic E-state index is 9.00. The van der Waals surface area contributed by atoms with Crippen molar-refractivity contribution in [1.82, 2.24) is 4.57 Å². The molecule has 0 unspecified atom stereocenters. The Morgan fingerprint density at radius 3 is 2.78 bits per heavy atom. The number of fused-ring (bicyclic) bond motifs is 1. The van der Waals surface area contributed by atoms with Crippen molar-refractivity contribution in [2.45, 2.75) is 26.7 Å². The summed E-state index contributed by atoms with van der Waals surface area (Å²) in [6, 6.07) is 6.23. The molecule has 0 aliphatic carbocycles. The SMILES string of the molecule is CCOc1ccc2c(c1)c(CCCO)c(C)n2C. The van der Waals surface area contributed by atoms with Gasteiger partial charge in [0, 0.05) is 30.3 Å². The number of aliphatic hydroxyl groups is 1. The molecule has 98 valence electrons. The summed E-state index contributed by atoms with van der Waals surface area (Å²) in [5.74, 6) is 0.917. The van der Waals surface area contributed by atoms with Crippen LogP contribution in [0.25, 0.3) is 10.9 Å². The molecule has 3 nitrogen and oxygen atoms in total. The topological polar surface area (TPSA) is 34.4 Å². The van der Waals surface area contributed by atoms with Gasteiger partial charge in [-0.3, -0.25) is 0 Å². The Morgan fingerprint density at radius 2 is 2.11 bits per heavy atom. The van der Waals surface area contributed by atoms with Gasteiger partial charge in [-0.15, -0.1) is 0 Å². The highest BCUT2D eigenvalue weighted by Crippen LogP contribution is 2.29.